The Morgan fingerprint density at radius 3 is 2.70 bits per heavy atom. The van der Waals surface area contributed by atoms with Crippen molar-refractivity contribution in [3.8, 4) is 0 Å². The number of hydrogen-bond donors (Lipinski definition) is 2. The molecule has 0 fully saturated rings. The third-order valence-corrected chi connectivity index (χ3v) is 5.00. The van der Waals surface area contributed by atoms with Crippen molar-refractivity contribution in [2.24, 2.45) is 0 Å². The van der Waals surface area contributed by atoms with Crippen molar-refractivity contribution in [1.82, 2.24) is 19.8 Å². The van der Waals surface area contributed by atoms with Gasteiger partial charge in [0.1, 0.15) is 18.2 Å². The highest BCUT2D eigenvalue weighted by Gasteiger charge is 2.33. The topological polar surface area (TPSA) is 104 Å². The number of hydrogen-bond acceptors (Lipinski definition) is 4. The van der Waals surface area contributed by atoms with Gasteiger partial charge in [-0.2, -0.15) is 0 Å². The largest absolute Gasteiger partial charge is 0.346 e. The molecular formula is C20H16F2N4O4. The summed E-state index contributed by atoms with van der Waals surface area (Å²) in [5.74, 6) is -3.18. The second-order valence-corrected chi connectivity index (χ2v) is 7.02. The number of H-pyrrole nitrogens is 1. The number of halogens is 2. The van der Waals surface area contributed by atoms with Crippen LogP contribution in [0.25, 0.3) is 10.9 Å². The summed E-state index contributed by atoms with van der Waals surface area (Å²) in [6, 6.07) is 6.94. The van der Waals surface area contributed by atoms with Gasteiger partial charge in [0.2, 0.25) is 5.91 Å². The van der Waals surface area contributed by atoms with Gasteiger partial charge < -0.3 is 15.2 Å². The lowest BCUT2D eigenvalue weighted by atomic mass is 9.94. The van der Waals surface area contributed by atoms with Crippen LogP contribution < -0.4 is 16.6 Å². The molecule has 2 amide bonds. The maximum Gasteiger partial charge on any atom is 0.329 e. The Bertz CT molecular complexity index is 1310. The number of benzene rings is 2. The standard InChI is InChI=1S/C20H16F2N4O4/c1-25-8-15(17-12(18(25)28)6-10(21)7-13(17)22)23-16(27)9-26-19(29)11-4-2-3-5-14(11)24-20(26)30/h2-7,15H,8-9H2,1H3,(H,23,27)(H,24,30). The Balaban J connectivity index is 1.65. The summed E-state index contributed by atoms with van der Waals surface area (Å²) in [7, 11) is 1.44. The van der Waals surface area contributed by atoms with Gasteiger partial charge in [0.05, 0.1) is 22.5 Å². The van der Waals surface area contributed by atoms with Crippen molar-refractivity contribution in [1.29, 1.82) is 0 Å². The van der Waals surface area contributed by atoms with E-state index in [1.165, 1.54) is 18.0 Å². The minimum Gasteiger partial charge on any atom is -0.346 e. The maximum atomic E-state index is 14.4. The van der Waals surface area contributed by atoms with E-state index in [4.69, 9.17) is 0 Å². The van der Waals surface area contributed by atoms with Crippen molar-refractivity contribution < 1.29 is 18.4 Å². The molecule has 2 aromatic carbocycles. The van der Waals surface area contributed by atoms with Gasteiger partial charge >= 0.3 is 5.69 Å². The molecule has 0 saturated carbocycles. The fourth-order valence-electron chi connectivity index (χ4n) is 3.61. The molecule has 30 heavy (non-hydrogen) atoms. The van der Waals surface area contributed by atoms with E-state index in [2.05, 4.69) is 10.3 Å². The number of aromatic amines is 1. The molecule has 0 bridgehead atoms. The van der Waals surface area contributed by atoms with E-state index in [9.17, 15) is 28.0 Å². The van der Waals surface area contributed by atoms with E-state index in [1.54, 1.807) is 18.2 Å². The van der Waals surface area contributed by atoms with Gasteiger partial charge in [-0.05, 0) is 18.2 Å². The second-order valence-electron chi connectivity index (χ2n) is 7.02. The molecular weight excluding hydrogens is 398 g/mol. The van der Waals surface area contributed by atoms with Crippen LogP contribution in [0.2, 0.25) is 0 Å². The van der Waals surface area contributed by atoms with Crippen molar-refractivity contribution in [2.45, 2.75) is 12.6 Å². The van der Waals surface area contributed by atoms with E-state index in [0.717, 1.165) is 10.6 Å². The third kappa shape index (κ3) is 3.25. The summed E-state index contributed by atoms with van der Waals surface area (Å²) in [5.41, 5.74) is -1.39. The summed E-state index contributed by atoms with van der Waals surface area (Å²) in [5, 5.41) is 2.77. The molecule has 1 atom stereocenters. The predicted molar refractivity (Wildman–Crippen MR) is 103 cm³/mol. The number of amides is 2. The van der Waals surface area contributed by atoms with Crippen LogP contribution in [-0.2, 0) is 11.3 Å². The van der Waals surface area contributed by atoms with Gasteiger partial charge in [0.15, 0.2) is 0 Å². The first-order valence-corrected chi connectivity index (χ1v) is 9.02. The molecule has 4 rings (SSSR count). The van der Waals surface area contributed by atoms with Gasteiger partial charge in [0, 0.05) is 25.2 Å². The number of fused-ring (bicyclic) bond motifs is 2. The molecule has 0 spiro atoms. The zero-order valence-corrected chi connectivity index (χ0v) is 15.7. The number of para-hydroxylation sites is 1. The lowest BCUT2D eigenvalue weighted by Gasteiger charge is -2.32. The lowest BCUT2D eigenvalue weighted by Crippen LogP contribution is -2.47. The second kappa shape index (κ2) is 7.21. The van der Waals surface area contributed by atoms with Crippen LogP contribution in [0.15, 0.2) is 46.0 Å². The van der Waals surface area contributed by atoms with Gasteiger partial charge in [-0.1, -0.05) is 12.1 Å². The Kier molecular flexibility index (Phi) is 4.69. The summed E-state index contributed by atoms with van der Waals surface area (Å²) >= 11 is 0. The van der Waals surface area contributed by atoms with Crippen LogP contribution in [0.5, 0.6) is 0 Å². The van der Waals surface area contributed by atoms with Crippen molar-refractivity contribution >= 4 is 22.7 Å². The Hall–Kier alpha value is -3.82. The first-order valence-electron chi connectivity index (χ1n) is 9.02. The average molecular weight is 414 g/mol. The van der Waals surface area contributed by atoms with Crippen molar-refractivity contribution in [3.05, 3.63) is 80.0 Å². The molecule has 2 heterocycles. The SMILES string of the molecule is CN1CC(NC(=O)Cn2c(=O)[nH]c3ccccc3c2=O)c2c(F)cc(F)cc2C1=O. The number of rotatable bonds is 3. The summed E-state index contributed by atoms with van der Waals surface area (Å²) in [6.45, 7) is -0.658. The Morgan fingerprint density at radius 1 is 1.20 bits per heavy atom. The maximum absolute atomic E-state index is 14.4. The van der Waals surface area contributed by atoms with E-state index >= 15 is 0 Å². The molecule has 8 nitrogen and oxygen atoms in total. The van der Waals surface area contributed by atoms with Gasteiger partial charge in [-0.25, -0.2) is 13.6 Å². The zero-order valence-electron chi connectivity index (χ0n) is 15.7. The molecule has 1 aliphatic heterocycles. The predicted octanol–water partition coefficient (Wildman–Crippen LogP) is 0.911. The van der Waals surface area contributed by atoms with E-state index in [-0.39, 0.29) is 23.1 Å². The molecule has 3 aromatic rings. The summed E-state index contributed by atoms with van der Waals surface area (Å²) in [6.07, 6.45) is 0. The molecule has 1 unspecified atom stereocenters. The quantitative estimate of drug-likeness (QED) is 0.665. The van der Waals surface area contributed by atoms with Crippen LogP contribution >= 0.6 is 0 Å². The average Bonchev–Trinajstić information content (AvgIpc) is 2.68. The molecule has 10 heteroatoms. The lowest BCUT2D eigenvalue weighted by molar-refractivity contribution is -0.122. The number of aromatic nitrogens is 2. The number of carbonyl (C=O) groups excluding carboxylic acids is 2. The zero-order chi connectivity index (χ0) is 21.6. The van der Waals surface area contributed by atoms with Crippen LogP contribution in [0.1, 0.15) is 22.0 Å². The monoisotopic (exact) mass is 414 g/mol. The van der Waals surface area contributed by atoms with Crippen LogP contribution in [-0.4, -0.2) is 39.9 Å². The minimum atomic E-state index is -0.967. The Labute approximate surface area is 167 Å². The summed E-state index contributed by atoms with van der Waals surface area (Å²) < 4.78 is 28.7. The van der Waals surface area contributed by atoms with Crippen LogP contribution in [0, 0.1) is 11.6 Å². The van der Waals surface area contributed by atoms with Crippen molar-refractivity contribution in [3.63, 3.8) is 0 Å². The number of nitrogens with zero attached hydrogens (tertiary/aromatic N) is 2. The third-order valence-electron chi connectivity index (χ3n) is 5.00. The highest BCUT2D eigenvalue weighted by molar-refractivity contribution is 5.97. The molecule has 0 radical (unpaired) electrons. The molecule has 154 valence electrons. The normalized spacial score (nSPS) is 15.9. The van der Waals surface area contributed by atoms with Gasteiger partial charge in [-0.3, -0.25) is 19.0 Å². The first kappa shape index (κ1) is 19.5. The van der Waals surface area contributed by atoms with Crippen molar-refractivity contribution in [2.75, 3.05) is 13.6 Å². The smallest absolute Gasteiger partial charge is 0.329 e. The molecule has 0 aliphatic carbocycles. The number of likely N-dealkylation sites (N-methyl/N-ethyl adjacent to an activating group) is 1. The van der Waals surface area contributed by atoms with E-state index in [0.29, 0.717) is 11.6 Å². The van der Waals surface area contributed by atoms with E-state index in [1.807, 2.05) is 0 Å². The highest BCUT2D eigenvalue weighted by Crippen LogP contribution is 2.29. The highest BCUT2D eigenvalue weighted by atomic mass is 19.1. The first-order chi connectivity index (χ1) is 14.3. The molecule has 2 N–H and O–H groups in total. The van der Waals surface area contributed by atoms with E-state index < -0.39 is 47.3 Å². The Morgan fingerprint density at radius 2 is 1.93 bits per heavy atom. The molecule has 1 aliphatic rings. The fourth-order valence-corrected chi connectivity index (χ4v) is 3.61. The number of carbonyl (C=O) groups is 2. The number of nitrogens with one attached hydrogen (secondary N) is 2. The fraction of sp³-hybridized carbons (Fsp3) is 0.200. The van der Waals surface area contributed by atoms with Gasteiger partial charge in [0.25, 0.3) is 11.5 Å². The molecule has 1 aromatic heterocycles. The van der Waals surface area contributed by atoms with Gasteiger partial charge in [-0.15, -0.1) is 0 Å². The minimum absolute atomic E-state index is 0.0525. The van der Waals surface area contributed by atoms with Crippen LogP contribution in [0.4, 0.5) is 8.78 Å². The van der Waals surface area contributed by atoms with Crippen LogP contribution in [0.3, 0.4) is 0 Å². The summed E-state index contributed by atoms with van der Waals surface area (Å²) in [4.78, 5) is 53.4. The molecule has 0 saturated heterocycles.